The number of carbonyl (C=O) groups is 1. The first kappa shape index (κ1) is 55.8. The molecular formula is C41H68F3N4O7PS. The predicted molar refractivity (Wildman–Crippen MR) is 231 cm³/mol. The summed E-state index contributed by atoms with van der Waals surface area (Å²) >= 11 is 0. The van der Waals surface area contributed by atoms with Gasteiger partial charge in [-0.05, 0) is 42.9 Å². The number of rotatable bonds is 17. The number of allylic oxidation sites excluding steroid dienone is 1. The molecule has 1 saturated heterocycles. The van der Waals surface area contributed by atoms with Gasteiger partial charge in [0.2, 0.25) is 6.41 Å². The Hall–Kier alpha value is -3.30. The van der Waals surface area contributed by atoms with Crippen molar-refractivity contribution in [3.8, 4) is 5.75 Å². The standard InChI is InChI=1S/C24H29F3NOP.C10H21N3O5S.C3H6O.2C2H6/c1-6-8-22(16(3)18-9-12-20(30)13-10-18)28(5)17(4)21-14-11-19(24(25,26)27)15-23(21)29-7-2;1-18-9-7-13(6-8-14)19(16,17)12-4-2-11(10-15)3-5-12;1-2-3-4;2*1-2/h6,8-16,22H,4,7,30H2,1-3,5H3;10,14H,2-9H2,1H3;2,4H,1,3H2;2*1-2H3/b8-6+;;;;. The number of piperazine rings is 1. The fourth-order valence-corrected chi connectivity index (χ4v) is 7.02. The first-order valence-corrected chi connectivity index (χ1v) is 21.1. The summed E-state index contributed by atoms with van der Waals surface area (Å²) in [6, 6.07) is 11.8. The molecule has 3 unspecified atom stereocenters. The number of aliphatic hydroxyl groups is 2. The topological polar surface area (TPSA) is 123 Å². The van der Waals surface area contributed by atoms with Crippen molar-refractivity contribution in [1.82, 2.24) is 18.4 Å². The molecule has 0 saturated carbocycles. The maximum absolute atomic E-state index is 13.2. The highest BCUT2D eigenvalue weighted by Crippen LogP contribution is 2.37. The molecule has 2 aromatic carbocycles. The van der Waals surface area contributed by atoms with E-state index in [0.717, 1.165) is 23.8 Å². The number of ether oxygens (including phenoxy) is 2. The Kier molecular flexibility index (Phi) is 30.1. The van der Waals surface area contributed by atoms with Crippen LogP contribution in [-0.4, -0.2) is 129 Å². The maximum Gasteiger partial charge on any atom is 0.416 e. The van der Waals surface area contributed by atoms with Gasteiger partial charge in [0.05, 0.1) is 38.0 Å². The zero-order valence-electron chi connectivity index (χ0n) is 35.3. The number of carbonyl (C=O) groups excluding carboxylic acids is 1. The average Bonchev–Trinajstić information content (AvgIpc) is 3.22. The van der Waals surface area contributed by atoms with Gasteiger partial charge in [-0.1, -0.05) is 83.7 Å². The van der Waals surface area contributed by atoms with Gasteiger partial charge in [-0.25, -0.2) is 0 Å². The minimum atomic E-state index is -4.43. The summed E-state index contributed by atoms with van der Waals surface area (Å²) in [5, 5.41) is 17.8. The molecule has 16 heteroatoms. The van der Waals surface area contributed by atoms with Gasteiger partial charge in [0, 0.05) is 70.6 Å². The van der Waals surface area contributed by atoms with Crippen molar-refractivity contribution in [2.24, 2.45) is 0 Å². The fourth-order valence-electron chi connectivity index (χ4n) is 5.26. The van der Waals surface area contributed by atoms with Gasteiger partial charge < -0.3 is 29.5 Å². The molecule has 1 fully saturated rings. The Morgan fingerprint density at radius 1 is 1.04 bits per heavy atom. The highest BCUT2D eigenvalue weighted by Gasteiger charge is 2.33. The van der Waals surface area contributed by atoms with Gasteiger partial charge in [-0.2, -0.15) is 30.2 Å². The molecule has 1 aliphatic heterocycles. The van der Waals surface area contributed by atoms with E-state index in [0.29, 0.717) is 24.4 Å². The summed E-state index contributed by atoms with van der Waals surface area (Å²) in [6.45, 7) is 23.2. The van der Waals surface area contributed by atoms with Gasteiger partial charge in [0.1, 0.15) is 5.75 Å². The summed E-state index contributed by atoms with van der Waals surface area (Å²) in [5.74, 6) is 0.321. The number of benzene rings is 2. The van der Waals surface area contributed by atoms with E-state index < -0.39 is 21.9 Å². The second-order valence-electron chi connectivity index (χ2n) is 11.8. The first-order chi connectivity index (χ1) is 27.1. The zero-order chi connectivity index (χ0) is 44.2. The lowest BCUT2D eigenvalue weighted by Crippen LogP contribution is -2.53. The molecule has 1 aliphatic rings. The third kappa shape index (κ3) is 19.3. The van der Waals surface area contributed by atoms with Crippen LogP contribution in [0.2, 0.25) is 0 Å². The van der Waals surface area contributed by atoms with Gasteiger partial charge in [0.15, 0.2) is 0 Å². The third-order valence-corrected chi connectivity index (χ3v) is 10.7. The molecule has 3 atom stereocenters. The molecule has 1 heterocycles. The Bertz CT molecular complexity index is 1540. The number of nitrogens with zero attached hydrogens (tertiary/aromatic N) is 4. The quantitative estimate of drug-likeness (QED) is 0.106. The van der Waals surface area contributed by atoms with Crippen LogP contribution in [0.3, 0.4) is 0 Å². The van der Waals surface area contributed by atoms with E-state index in [1.165, 1.54) is 38.3 Å². The molecule has 0 aromatic heterocycles. The van der Waals surface area contributed by atoms with Crippen molar-refractivity contribution in [2.45, 2.75) is 66.6 Å². The minimum absolute atomic E-state index is 0.0328. The van der Waals surface area contributed by atoms with Crippen LogP contribution in [0, 0.1) is 0 Å². The van der Waals surface area contributed by atoms with Crippen LogP contribution in [-0.2, 0) is 25.9 Å². The Balaban J connectivity index is 0. The SMILES string of the molecule is C=C(c1ccc(C(F)(F)F)cc1OCC)N(C)C(/C=C/C)C(C)c1ccc(P)cc1.C=CCO.CC.CC.COCCN(CCO)S(=O)(=O)N1CCN(C=O)CC1. The lowest BCUT2D eigenvalue weighted by atomic mass is 9.91. The zero-order valence-corrected chi connectivity index (χ0v) is 37.3. The second kappa shape index (κ2) is 30.7. The second-order valence-corrected chi connectivity index (χ2v) is 14.4. The highest BCUT2D eigenvalue weighted by molar-refractivity contribution is 7.86. The maximum atomic E-state index is 13.2. The number of hydrogen-bond donors (Lipinski definition) is 2. The van der Waals surface area contributed by atoms with Crippen molar-refractivity contribution in [2.75, 3.05) is 79.9 Å². The Morgan fingerprint density at radius 2 is 1.60 bits per heavy atom. The predicted octanol–water partition coefficient (Wildman–Crippen LogP) is 6.42. The van der Waals surface area contributed by atoms with E-state index in [1.54, 1.807) is 6.92 Å². The Morgan fingerprint density at radius 3 is 2.04 bits per heavy atom. The van der Waals surface area contributed by atoms with E-state index in [9.17, 15) is 26.4 Å². The van der Waals surface area contributed by atoms with E-state index in [2.05, 4.69) is 47.5 Å². The number of amides is 1. The monoisotopic (exact) mass is 848 g/mol. The highest BCUT2D eigenvalue weighted by atomic mass is 32.2. The van der Waals surface area contributed by atoms with Crippen molar-refractivity contribution >= 4 is 36.9 Å². The normalized spacial score (nSPS) is 13.9. The first-order valence-electron chi connectivity index (χ1n) is 19.1. The molecule has 57 heavy (non-hydrogen) atoms. The largest absolute Gasteiger partial charge is 0.493 e. The summed E-state index contributed by atoms with van der Waals surface area (Å²) < 4.78 is 77.1. The van der Waals surface area contributed by atoms with Gasteiger partial charge in [-0.3, -0.25) is 4.79 Å². The molecule has 0 bridgehead atoms. The van der Waals surface area contributed by atoms with Gasteiger partial charge >= 0.3 is 6.18 Å². The number of halogens is 3. The third-order valence-electron chi connectivity index (χ3n) is 8.25. The van der Waals surface area contributed by atoms with Crippen LogP contribution in [0.15, 0.2) is 73.9 Å². The van der Waals surface area contributed by atoms with E-state index in [4.69, 9.17) is 19.7 Å². The lowest BCUT2D eigenvalue weighted by molar-refractivity contribution is -0.137. The van der Waals surface area contributed by atoms with Gasteiger partial charge in [0.25, 0.3) is 10.2 Å². The van der Waals surface area contributed by atoms with Crippen molar-refractivity contribution < 1.29 is 46.1 Å². The molecule has 3 rings (SSSR count). The summed E-state index contributed by atoms with van der Waals surface area (Å²) in [4.78, 5) is 14.1. The van der Waals surface area contributed by atoms with Crippen molar-refractivity contribution in [3.05, 3.63) is 90.5 Å². The molecule has 1 amide bonds. The summed E-state index contributed by atoms with van der Waals surface area (Å²) in [7, 11) is 2.46. The van der Waals surface area contributed by atoms with Crippen LogP contribution >= 0.6 is 9.24 Å². The molecular weight excluding hydrogens is 781 g/mol. The number of aliphatic hydroxyl groups excluding tert-OH is 2. The van der Waals surface area contributed by atoms with Crippen LogP contribution in [0.25, 0.3) is 5.70 Å². The number of hydrogen-bond acceptors (Lipinski definition) is 8. The molecule has 326 valence electrons. The van der Waals surface area contributed by atoms with Crippen LogP contribution in [0.4, 0.5) is 13.2 Å². The van der Waals surface area contributed by atoms with Crippen LogP contribution in [0.5, 0.6) is 5.75 Å². The minimum Gasteiger partial charge on any atom is -0.493 e. The van der Waals surface area contributed by atoms with Crippen LogP contribution < -0.4 is 10.0 Å². The summed E-state index contributed by atoms with van der Waals surface area (Å²) in [6.07, 6.45) is 1.78. The molecule has 2 N–H and O–H groups in total. The molecule has 11 nitrogen and oxygen atoms in total. The smallest absolute Gasteiger partial charge is 0.416 e. The number of alkyl halides is 3. The lowest BCUT2D eigenvalue weighted by Gasteiger charge is -2.35. The van der Waals surface area contributed by atoms with E-state index in [-0.39, 0.29) is 70.3 Å². The van der Waals surface area contributed by atoms with E-state index in [1.807, 2.05) is 64.8 Å². The molecule has 0 spiro atoms. The average molecular weight is 849 g/mol. The Labute approximate surface area is 343 Å². The molecule has 0 radical (unpaired) electrons. The van der Waals surface area contributed by atoms with E-state index >= 15 is 0 Å². The fraction of sp³-hybridized carbons (Fsp3) is 0.537. The van der Waals surface area contributed by atoms with Gasteiger partial charge in [-0.15, -0.1) is 15.8 Å². The summed E-state index contributed by atoms with van der Waals surface area (Å²) in [5.41, 5.74) is 1.58. The number of likely N-dealkylation sites (N-methyl/N-ethyl adjacent to an activating group) is 1. The van der Waals surface area contributed by atoms with Crippen LogP contribution in [0.1, 0.15) is 71.1 Å². The van der Waals surface area contributed by atoms with Crippen molar-refractivity contribution in [3.63, 3.8) is 0 Å². The molecule has 2 aromatic rings. The molecule has 0 aliphatic carbocycles. The van der Waals surface area contributed by atoms with Crippen molar-refractivity contribution in [1.29, 1.82) is 0 Å². The number of methoxy groups -OCH3 is 1.